The van der Waals surface area contributed by atoms with Crippen molar-refractivity contribution in [2.45, 2.75) is 25.1 Å². The molecule has 1 aromatic carbocycles. The van der Waals surface area contributed by atoms with Gasteiger partial charge in [-0.2, -0.15) is 0 Å². The Labute approximate surface area is 101 Å². The van der Waals surface area contributed by atoms with Crippen LogP contribution >= 0.6 is 0 Å². The Morgan fingerprint density at radius 3 is 2.41 bits per heavy atom. The van der Waals surface area contributed by atoms with E-state index in [4.69, 9.17) is 5.11 Å². The fraction of sp³-hybridized carbons (Fsp3) is 0.455. The minimum atomic E-state index is -3.50. The maximum absolute atomic E-state index is 12.6. The van der Waals surface area contributed by atoms with Gasteiger partial charge < -0.3 is 5.11 Å². The van der Waals surface area contributed by atoms with Gasteiger partial charge >= 0.3 is 0 Å². The highest BCUT2D eigenvalue weighted by Crippen LogP contribution is 2.07. The van der Waals surface area contributed by atoms with E-state index in [2.05, 4.69) is 4.72 Å². The van der Waals surface area contributed by atoms with Gasteiger partial charge in [-0.05, 0) is 24.1 Å². The van der Waals surface area contributed by atoms with Crippen LogP contribution in [-0.4, -0.2) is 26.2 Å². The number of benzene rings is 1. The second-order valence-electron chi connectivity index (χ2n) is 3.79. The summed E-state index contributed by atoms with van der Waals surface area (Å²) >= 11 is 0. The molecule has 0 aromatic heterocycles. The lowest BCUT2D eigenvalue weighted by molar-refractivity contribution is 0.254. The van der Waals surface area contributed by atoms with Crippen LogP contribution in [-0.2, 0) is 15.8 Å². The number of aliphatic hydroxyl groups excluding tert-OH is 1. The Morgan fingerprint density at radius 1 is 1.35 bits per heavy atom. The molecule has 2 N–H and O–H groups in total. The molecule has 0 radical (unpaired) electrons. The summed E-state index contributed by atoms with van der Waals surface area (Å²) in [5.74, 6) is -0.620. The number of rotatable bonds is 6. The summed E-state index contributed by atoms with van der Waals surface area (Å²) in [5, 5.41) is 8.92. The van der Waals surface area contributed by atoms with Crippen LogP contribution in [0.4, 0.5) is 4.39 Å². The molecule has 96 valence electrons. The lowest BCUT2D eigenvalue weighted by Crippen LogP contribution is -2.37. The Bertz CT molecular complexity index is 440. The first-order valence-corrected chi connectivity index (χ1v) is 6.97. The molecule has 0 saturated heterocycles. The van der Waals surface area contributed by atoms with Crippen molar-refractivity contribution >= 4 is 10.0 Å². The SMILES string of the molecule is CC[C@@H](CO)NS(=O)(=O)Cc1ccc(F)cc1. The fourth-order valence-corrected chi connectivity index (χ4v) is 2.81. The van der Waals surface area contributed by atoms with E-state index in [0.717, 1.165) is 0 Å². The van der Waals surface area contributed by atoms with E-state index >= 15 is 0 Å². The zero-order valence-electron chi connectivity index (χ0n) is 9.56. The third-order valence-corrected chi connectivity index (χ3v) is 3.74. The van der Waals surface area contributed by atoms with Gasteiger partial charge in [0.2, 0.25) is 10.0 Å². The van der Waals surface area contributed by atoms with E-state index in [-0.39, 0.29) is 12.4 Å². The lowest BCUT2D eigenvalue weighted by Gasteiger charge is -2.14. The first kappa shape index (κ1) is 14.1. The third-order valence-electron chi connectivity index (χ3n) is 2.33. The van der Waals surface area contributed by atoms with Crippen LogP contribution in [0.2, 0.25) is 0 Å². The van der Waals surface area contributed by atoms with Crippen molar-refractivity contribution in [3.05, 3.63) is 35.6 Å². The molecule has 0 spiro atoms. The smallest absolute Gasteiger partial charge is 0.216 e. The molecular weight excluding hydrogens is 245 g/mol. The zero-order valence-corrected chi connectivity index (χ0v) is 10.4. The average Bonchev–Trinajstić information content (AvgIpc) is 2.29. The predicted molar refractivity (Wildman–Crippen MR) is 63.3 cm³/mol. The Balaban J connectivity index is 2.69. The standard InChI is InChI=1S/C11H16FNO3S/c1-2-11(7-14)13-17(15,16)8-9-3-5-10(12)6-4-9/h3-6,11,13-14H,2,7-8H2,1H3/t11-/m0/s1. The largest absolute Gasteiger partial charge is 0.395 e. The lowest BCUT2D eigenvalue weighted by atomic mass is 10.2. The molecule has 0 saturated carbocycles. The monoisotopic (exact) mass is 261 g/mol. The number of hydrogen-bond donors (Lipinski definition) is 2. The van der Waals surface area contributed by atoms with Crippen molar-refractivity contribution in [3.8, 4) is 0 Å². The average molecular weight is 261 g/mol. The van der Waals surface area contributed by atoms with Gasteiger partial charge in [-0.3, -0.25) is 0 Å². The normalized spacial score (nSPS) is 13.6. The molecule has 1 aromatic rings. The van der Waals surface area contributed by atoms with E-state index < -0.39 is 21.9 Å². The highest BCUT2D eigenvalue weighted by atomic mass is 32.2. The van der Waals surface area contributed by atoms with Gasteiger partial charge in [0, 0.05) is 6.04 Å². The first-order chi connectivity index (χ1) is 7.96. The van der Waals surface area contributed by atoms with Crippen molar-refractivity contribution < 1.29 is 17.9 Å². The van der Waals surface area contributed by atoms with E-state index in [9.17, 15) is 12.8 Å². The predicted octanol–water partition coefficient (Wildman–Crippen LogP) is 1.02. The molecule has 4 nitrogen and oxygen atoms in total. The number of hydrogen-bond acceptors (Lipinski definition) is 3. The molecule has 0 heterocycles. The molecule has 6 heteroatoms. The van der Waals surface area contributed by atoms with Crippen LogP contribution in [0.5, 0.6) is 0 Å². The Hall–Kier alpha value is -0.980. The second-order valence-corrected chi connectivity index (χ2v) is 5.55. The van der Waals surface area contributed by atoms with Gasteiger partial charge in [0.25, 0.3) is 0 Å². The number of nitrogens with one attached hydrogen (secondary N) is 1. The summed E-state index contributed by atoms with van der Waals surface area (Å²) in [6, 6.07) is 4.81. The molecule has 0 bridgehead atoms. The maximum Gasteiger partial charge on any atom is 0.216 e. The van der Waals surface area contributed by atoms with Gasteiger partial charge in [-0.25, -0.2) is 17.5 Å². The van der Waals surface area contributed by atoms with Crippen molar-refractivity contribution in [3.63, 3.8) is 0 Å². The molecular formula is C11H16FNO3S. The van der Waals surface area contributed by atoms with Crippen LogP contribution in [0, 0.1) is 5.82 Å². The molecule has 0 unspecified atom stereocenters. The highest BCUT2D eigenvalue weighted by molar-refractivity contribution is 7.88. The number of halogens is 1. The summed E-state index contributed by atoms with van der Waals surface area (Å²) in [5.41, 5.74) is 0.506. The van der Waals surface area contributed by atoms with Gasteiger partial charge in [0.15, 0.2) is 0 Å². The van der Waals surface area contributed by atoms with Crippen LogP contribution in [0.15, 0.2) is 24.3 Å². The fourth-order valence-electron chi connectivity index (χ4n) is 1.35. The number of sulfonamides is 1. The minimum Gasteiger partial charge on any atom is -0.395 e. The molecule has 0 fully saturated rings. The van der Waals surface area contributed by atoms with Crippen molar-refractivity contribution in [2.75, 3.05) is 6.61 Å². The minimum absolute atomic E-state index is 0.218. The summed E-state index contributed by atoms with van der Waals surface area (Å²) in [7, 11) is -3.50. The summed E-state index contributed by atoms with van der Waals surface area (Å²) < 4.78 is 38.4. The van der Waals surface area contributed by atoms with Crippen LogP contribution in [0.3, 0.4) is 0 Å². The highest BCUT2D eigenvalue weighted by Gasteiger charge is 2.16. The molecule has 1 atom stereocenters. The molecule has 0 amide bonds. The zero-order chi connectivity index (χ0) is 12.9. The van der Waals surface area contributed by atoms with Gasteiger partial charge in [0.1, 0.15) is 5.82 Å². The molecule has 17 heavy (non-hydrogen) atoms. The number of aliphatic hydroxyl groups is 1. The second kappa shape index (κ2) is 6.09. The topological polar surface area (TPSA) is 66.4 Å². The van der Waals surface area contributed by atoms with Crippen LogP contribution < -0.4 is 4.72 Å². The van der Waals surface area contributed by atoms with Crippen molar-refractivity contribution in [1.29, 1.82) is 0 Å². The third kappa shape index (κ3) is 4.80. The summed E-state index contributed by atoms with van der Waals surface area (Å²) in [6.45, 7) is 1.54. The van der Waals surface area contributed by atoms with E-state index in [1.165, 1.54) is 24.3 Å². The molecule has 0 aliphatic rings. The Kier molecular flexibility index (Phi) is 5.04. The van der Waals surface area contributed by atoms with Crippen molar-refractivity contribution in [1.82, 2.24) is 4.72 Å². The Morgan fingerprint density at radius 2 is 1.94 bits per heavy atom. The maximum atomic E-state index is 12.6. The van der Waals surface area contributed by atoms with Gasteiger partial charge in [0.05, 0.1) is 12.4 Å². The molecule has 0 aliphatic heterocycles. The quantitative estimate of drug-likeness (QED) is 0.803. The van der Waals surface area contributed by atoms with E-state index in [0.29, 0.717) is 12.0 Å². The van der Waals surface area contributed by atoms with Crippen LogP contribution in [0.1, 0.15) is 18.9 Å². The summed E-state index contributed by atoms with van der Waals surface area (Å²) in [4.78, 5) is 0. The van der Waals surface area contributed by atoms with E-state index in [1.807, 2.05) is 0 Å². The van der Waals surface area contributed by atoms with E-state index in [1.54, 1.807) is 6.92 Å². The van der Waals surface area contributed by atoms with Crippen LogP contribution in [0.25, 0.3) is 0 Å². The first-order valence-electron chi connectivity index (χ1n) is 5.32. The molecule has 0 aliphatic carbocycles. The molecule has 1 rings (SSSR count). The van der Waals surface area contributed by atoms with Crippen molar-refractivity contribution in [2.24, 2.45) is 0 Å². The summed E-state index contributed by atoms with van der Waals surface area (Å²) in [6.07, 6.45) is 0.513. The van der Waals surface area contributed by atoms with Gasteiger partial charge in [-0.1, -0.05) is 19.1 Å². The van der Waals surface area contributed by atoms with Gasteiger partial charge in [-0.15, -0.1) is 0 Å².